The predicted molar refractivity (Wildman–Crippen MR) is 111 cm³/mol. The summed E-state index contributed by atoms with van der Waals surface area (Å²) in [5.41, 5.74) is 0.740. The Morgan fingerprint density at radius 2 is 1.90 bits per heavy atom. The van der Waals surface area contributed by atoms with Gasteiger partial charge in [-0.25, -0.2) is 13.8 Å². The summed E-state index contributed by atoms with van der Waals surface area (Å²) in [7, 11) is 0. The summed E-state index contributed by atoms with van der Waals surface area (Å²) in [5.74, 6) is 1.24. The molecule has 0 radical (unpaired) electrons. The van der Waals surface area contributed by atoms with Gasteiger partial charge in [-0.3, -0.25) is 4.79 Å². The van der Waals surface area contributed by atoms with E-state index in [9.17, 15) is 13.6 Å². The molecule has 0 bridgehead atoms. The first-order valence-corrected chi connectivity index (χ1v) is 10.4. The highest BCUT2D eigenvalue weighted by atomic mass is 19.3. The lowest BCUT2D eigenvalue weighted by Gasteiger charge is -2.32. The van der Waals surface area contributed by atoms with Crippen molar-refractivity contribution in [1.29, 1.82) is 0 Å². The van der Waals surface area contributed by atoms with Crippen LogP contribution in [0.4, 0.5) is 14.6 Å². The van der Waals surface area contributed by atoms with E-state index in [4.69, 9.17) is 4.74 Å². The van der Waals surface area contributed by atoms with Gasteiger partial charge in [-0.1, -0.05) is 6.07 Å². The maximum atomic E-state index is 12.8. The lowest BCUT2D eigenvalue weighted by atomic mass is 10.1. The van der Waals surface area contributed by atoms with Crippen molar-refractivity contribution in [2.45, 2.75) is 50.8 Å². The summed E-state index contributed by atoms with van der Waals surface area (Å²) in [6.45, 7) is 1.07. The summed E-state index contributed by atoms with van der Waals surface area (Å²) < 4.78 is 35.2. The molecule has 158 valence electrons. The molecule has 0 N–H and O–H groups in total. The number of rotatable bonds is 6. The van der Waals surface area contributed by atoms with E-state index in [1.54, 1.807) is 27.7 Å². The first-order valence-electron chi connectivity index (χ1n) is 10.4. The highest BCUT2D eigenvalue weighted by Gasteiger charge is 2.28. The summed E-state index contributed by atoms with van der Waals surface area (Å²) in [6, 6.07) is 7.71. The molecule has 5 rings (SSSR count). The molecule has 1 saturated heterocycles. The molecule has 1 aromatic carbocycles. The van der Waals surface area contributed by atoms with Gasteiger partial charge < -0.3 is 18.8 Å². The quantitative estimate of drug-likeness (QED) is 0.615. The van der Waals surface area contributed by atoms with Crippen LogP contribution in [0, 0.1) is 0 Å². The van der Waals surface area contributed by atoms with Crippen molar-refractivity contribution in [3.05, 3.63) is 53.2 Å². The van der Waals surface area contributed by atoms with E-state index in [0.717, 1.165) is 36.6 Å². The topological polar surface area (TPSA) is 52.3 Å². The molecule has 0 unspecified atom stereocenters. The molecule has 1 saturated carbocycles. The zero-order valence-electron chi connectivity index (χ0n) is 16.6. The van der Waals surface area contributed by atoms with Crippen molar-refractivity contribution >= 4 is 16.7 Å². The minimum atomic E-state index is -2.40. The SMILES string of the molecule is O=c1c(N2CCC(Oc3cccc4c3ccn4CC(F)F)CC2)nccn1C1CC1. The Labute approximate surface area is 172 Å². The molecular formula is C22H24F2N4O2. The summed E-state index contributed by atoms with van der Waals surface area (Å²) in [6.07, 6.45) is 6.45. The Morgan fingerprint density at radius 3 is 2.63 bits per heavy atom. The first kappa shape index (κ1) is 19.1. The third-order valence-corrected chi connectivity index (χ3v) is 5.93. The number of hydrogen-bond acceptors (Lipinski definition) is 4. The van der Waals surface area contributed by atoms with Crippen LogP contribution in [0.1, 0.15) is 31.7 Å². The number of aromatic nitrogens is 3. The molecule has 2 aromatic heterocycles. The fourth-order valence-electron chi connectivity index (χ4n) is 4.24. The van der Waals surface area contributed by atoms with Gasteiger partial charge in [0.15, 0.2) is 5.82 Å². The van der Waals surface area contributed by atoms with Crippen LogP contribution in [0.25, 0.3) is 10.9 Å². The predicted octanol–water partition coefficient (Wildman–Crippen LogP) is 3.85. The molecule has 6 nitrogen and oxygen atoms in total. The van der Waals surface area contributed by atoms with Crippen LogP contribution in [0.15, 0.2) is 47.7 Å². The van der Waals surface area contributed by atoms with Gasteiger partial charge in [0, 0.05) is 55.9 Å². The average molecular weight is 414 g/mol. The zero-order valence-corrected chi connectivity index (χ0v) is 16.6. The monoisotopic (exact) mass is 414 g/mol. The van der Waals surface area contributed by atoms with Gasteiger partial charge in [0.25, 0.3) is 12.0 Å². The standard InChI is InChI=1S/C22H24F2N4O2/c23-20(24)14-27-12-8-17-18(27)2-1-3-19(17)30-16-6-10-26(11-7-16)21-22(29)28(13-9-25-21)15-4-5-15/h1-3,8-9,12-13,15-16,20H,4-7,10-11,14H2. The Balaban J connectivity index is 1.27. The third-order valence-electron chi connectivity index (χ3n) is 5.93. The minimum Gasteiger partial charge on any atom is -0.490 e. The van der Waals surface area contributed by atoms with Crippen molar-refractivity contribution in [3.8, 4) is 5.75 Å². The summed E-state index contributed by atoms with van der Waals surface area (Å²) >= 11 is 0. The van der Waals surface area contributed by atoms with Crippen LogP contribution in [0.5, 0.6) is 5.75 Å². The van der Waals surface area contributed by atoms with Gasteiger partial charge in [-0.15, -0.1) is 0 Å². The van der Waals surface area contributed by atoms with Crippen molar-refractivity contribution in [2.24, 2.45) is 0 Å². The number of nitrogens with zero attached hydrogens (tertiary/aromatic N) is 4. The molecule has 0 atom stereocenters. The number of halogens is 2. The van der Waals surface area contributed by atoms with E-state index in [1.165, 1.54) is 0 Å². The average Bonchev–Trinajstić information content (AvgIpc) is 3.50. The lowest BCUT2D eigenvalue weighted by Crippen LogP contribution is -2.42. The number of benzene rings is 1. The second-order valence-electron chi connectivity index (χ2n) is 8.05. The molecule has 0 amide bonds. The van der Waals surface area contributed by atoms with Gasteiger partial charge >= 0.3 is 0 Å². The van der Waals surface area contributed by atoms with E-state index in [2.05, 4.69) is 4.98 Å². The molecular weight excluding hydrogens is 390 g/mol. The van der Waals surface area contributed by atoms with Gasteiger partial charge in [0.1, 0.15) is 11.9 Å². The molecule has 2 fully saturated rings. The lowest BCUT2D eigenvalue weighted by molar-refractivity contribution is 0.128. The fourth-order valence-corrected chi connectivity index (χ4v) is 4.24. The summed E-state index contributed by atoms with van der Waals surface area (Å²) in [5, 5.41) is 0.845. The molecule has 1 aliphatic heterocycles. The van der Waals surface area contributed by atoms with Crippen LogP contribution >= 0.6 is 0 Å². The van der Waals surface area contributed by atoms with Crippen LogP contribution in [-0.2, 0) is 6.54 Å². The molecule has 8 heteroatoms. The molecule has 30 heavy (non-hydrogen) atoms. The Kier molecular flexibility index (Phi) is 4.92. The Hall–Kier alpha value is -2.90. The molecule has 3 aromatic rings. The van der Waals surface area contributed by atoms with Crippen molar-refractivity contribution < 1.29 is 13.5 Å². The van der Waals surface area contributed by atoms with Crippen molar-refractivity contribution in [3.63, 3.8) is 0 Å². The number of ether oxygens (including phenoxy) is 1. The van der Waals surface area contributed by atoms with Crippen LogP contribution < -0.4 is 15.2 Å². The maximum absolute atomic E-state index is 12.8. The van der Waals surface area contributed by atoms with E-state index in [1.807, 2.05) is 29.2 Å². The van der Waals surface area contributed by atoms with Crippen molar-refractivity contribution in [2.75, 3.05) is 18.0 Å². The van der Waals surface area contributed by atoms with Gasteiger partial charge in [0.05, 0.1) is 12.1 Å². The van der Waals surface area contributed by atoms with E-state index < -0.39 is 6.43 Å². The second kappa shape index (κ2) is 7.74. The molecule has 0 spiro atoms. The number of alkyl halides is 2. The van der Waals surface area contributed by atoms with Crippen LogP contribution in [-0.4, -0.2) is 39.7 Å². The normalized spacial score (nSPS) is 17.8. The van der Waals surface area contributed by atoms with Crippen LogP contribution in [0.3, 0.4) is 0 Å². The zero-order chi connectivity index (χ0) is 20.7. The van der Waals surface area contributed by atoms with Crippen LogP contribution in [0.2, 0.25) is 0 Å². The number of fused-ring (bicyclic) bond motifs is 1. The maximum Gasteiger partial charge on any atom is 0.293 e. The smallest absolute Gasteiger partial charge is 0.293 e. The number of hydrogen-bond donors (Lipinski definition) is 0. The number of piperidine rings is 1. The van der Waals surface area contributed by atoms with E-state index in [-0.39, 0.29) is 18.2 Å². The minimum absolute atomic E-state index is 0.00972. The highest BCUT2D eigenvalue weighted by Crippen LogP contribution is 2.34. The van der Waals surface area contributed by atoms with Gasteiger partial charge in [0.2, 0.25) is 0 Å². The van der Waals surface area contributed by atoms with Crippen molar-refractivity contribution in [1.82, 2.24) is 14.1 Å². The highest BCUT2D eigenvalue weighted by molar-refractivity contribution is 5.86. The fraction of sp³-hybridized carbons (Fsp3) is 0.455. The van der Waals surface area contributed by atoms with Gasteiger partial charge in [-0.2, -0.15) is 0 Å². The first-order chi connectivity index (χ1) is 14.6. The Bertz CT molecular complexity index is 1100. The van der Waals surface area contributed by atoms with Gasteiger partial charge in [-0.05, 0) is 31.0 Å². The van der Waals surface area contributed by atoms with E-state index in [0.29, 0.717) is 30.7 Å². The van der Waals surface area contributed by atoms with E-state index >= 15 is 0 Å². The molecule has 2 aliphatic rings. The Morgan fingerprint density at radius 1 is 1.10 bits per heavy atom. The summed E-state index contributed by atoms with van der Waals surface area (Å²) in [4.78, 5) is 19.1. The molecule has 3 heterocycles. The molecule has 1 aliphatic carbocycles. The third kappa shape index (κ3) is 3.66. The largest absolute Gasteiger partial charge is 0.490 e. The number of anilines is 1. The second-order valence-corrected chi connectivity index (χ2v) is 8.05.